The van der Waals surface area contributed by atoms with Gasteiger partial charge in [-0.25, -0.2) is 0 Å². The minimum Gasteiger partial charge on any atom is -0.396 e. The lowest BCUT2D eigenvalue weighted by molar-refractivity contribution is 0.0574. The van der Waals surface area contributed by atoms with E-state index >= 15 is 0 Å². The summed E-state index contributed by atoms with van der Waals surface area (Å²) >= 11 is 0. The summed E-state index contributed by atoms with van der Waals surface area (Å²) in [6.45, 7) is 7.88. The van der Waals surface area contributed by atoms with Crippen molar-refractivity contribution in [1.82, 2.24) is 10.6 Å². The second-order valence-corrected chi connectivity index (χ2v) is 6.44. The number of ether oxygens (including phenoxy) is 1. The van der Waals surface area contributed by atoms with Gasteiger partial charge in [0.15, 0.2) is 5.96 Å². The first-order valence-corrected chi connectivity index (χ1v) is 9.54. The van der Waals surface area contributed by atoms with Crippen LogP contribution in [0.4, 0.5) is 0 Å². The summed E-state index contributed by atoms with van der Waals surface area (Å²) in [4.78, 5) is 4.67. The Morgan fingerprint density at radius 1 is 1.21 bits per heavy atom. The van der Waals surface area contributed by atoms with Gasteiger partial charge in [0, 0.05) is 32.8 Å². The molecule has 0 saturated heterocycles. The third kappa shape index (κ3) is 11.5. The van der Waals surface area contributed by atoms with E-state index in [2.05, 4.69) is 29.5 Å². The molecule has 0 spiro atoms. The zero-order chi connectivity index (χ0) is 16.8. The van der Waals surface area contributed by atoms with Crippen LogP contribution < -0.4 is 10.6 Å². The van der Waals surface area contributed by atoms with Crippen LogP contribution >= 0.6 is 24.0 Å². The van der Waals surface area contributed by atoms with Crippen LogP contribution in [-0.2, 0) is 4.74 Å². The van der Waals surface area contributed by atoms with Gasteiger partial charge in [0.2, 0.25) is 0 Å². The molecular weight excluding hydrogens is 417 g/mol. The van der Waals surface area contributed by atoms with Crippen LogP contribution in [0.3, 0.4) is 0 Å². The first-order valence-electron chi connectivity index (χ1n) is 9.54. The maximum absolute atomic E-state index is 9.13. The van der Waals surface area contributed by atoms with Crippen molar-refractivity contribution in [3.8, 4) is 0 Å². The van der Waals surface area contributed by atoms with Gasteiger partial charge >= 0.3 is 0 Å². The third-order valence-corrected chi connectivity index (χ3v) is 4.36. The molecule has 0 bridgehead atoms. The Morgan fingerprint density at radius 3 is 2.58 bits per heavy atom. The summed E-state index contributed by atoms with van der Waals surface area (Å²) in [5, 5.41) is 15.8. The smallest absolute Gasteiger partial charge is 0.191 e. The number of aliphatic hydroxyl groups excluding tert-OH is 1. The van der Waals surface area contributed by atoms with Crippen molar-refractivity contribution in [1.29, 1.82) is 0 Å². The second kappa shape index (κ2) is 16.4. The highest BCUT2D eigenvalue weighted by Crippen LogP contribution is 2.20. The molecule has 144 valence electrons. The van der Waals surface area contributed by atoms with Crippen molar-refractivity contribution < 1.29 is 9.84 Å². The molecule has 1 unspecified atom stereocenters. The fraction of sp³-hybridized carbons (Fsp3) is 0.944. The molecule has 5 nitrogen and oxygen atoms in total. The largest absolute Gasteiger partial charge is 0.396 e. The Bertz CT molecular complexity index is 305. The van der Waals surface area contributed by atoms with Crippen LogP contribution in [0.15, 0.2) is 4.99 Å². The summed E-state index contributed by atoms with van der Waals surface area (Å²) in [6, 6.07) is 0. The Hall–Kier alpha value is -0.0800. The standard InChI is InChI=1S/C18H37N3O2.HI/c1-3-8-16(11-13-22)15-21-18(19-4-2)20-12-7-14-23-17-9-5-6-10-17;/h16-17,22H,3-15H2,1-2H3,(H2,19,20,21);1H. The van der Waals surface area contributed by atoms with E-state index in [-0.39, 0.29) is 30.6 Å². The van der Waals surface area contributed by atoms with Gasteiger partial charge in [-0.3, -0.25) is 4.99 Å². The number of aliphatic hydroxyl groups is 1. The van der Waals surface area contributed by atoms with Crippen LogP contribution in [0.2, 0.25) is 0 Å². The fourth-order valence-corrected chi connectivity index (χ4v) is 3.06. The van der Waals surface area contributed by atoms with Crippen LogP contribution in [0, 0.1) is 5.92 Å². The van der Waals surface area contributed by atoms with Crippen LogP contribution in [-0.4, -0.2) is 50.0 Å². The minimum atomic E-state index is 0. The molecular formula is C18H38IN3O2. The van der Waals surface area contributed by atoms with Crippen LogP contribution in [0.1, 0.15) is 65.2 Å². The Balaban J connectivity index is 0.00000529. The van der Waals surface area contributed by atoms with E-state index in [1.165, 1.54) is 25.7 Å². The third-order valence-electron chi connectivity index (χ3n) is 4.36. The summed E-state index contributed by atoms with van der Waals surface area (Å²) in [5.74, 6) is 1.36. The van der Waals surface area contributed by atoms with Crippen molar-refractivity contribution in [3.63, 3.8) is 0 Å². The average molecular weight is 455 g/mol. The lowest BCUT2D eigenvalue weighted by atomic mass is 10.0. The molecule has 3 N–H and O–H groups in total. The molecule has 1 rings (SSSR count). The van der Waals surface area contributed by atoms with Gasteiger partial charge in [-0.2, -0.15) is 0 Å². The van der Waals surface area contributed by atoms with Gasteiger partial charge in [-0.1, -0.05) is 26.2 Å². The number of halogens is 1. The van der Waals surface area contributed by atoms with Crippen LogP contribution in [0.25, 0.3) is 0 Å². The topological polar surface area (TPSA) is 65.9 Å². The Labute approximate surface area is 165 Å². The summed E-state index contributed by atoms with van der Waals surface area (Å²) in [5.41, 5.74) is 0. The highest BCUT2D eigenvalue weighted by molar-refractivity contribution is 14.0. The summed E-state index contributed by atoms with van der Waals surface area (Å²) in [6.07, 6.45) is 9.75. The normalized spacial score (nSPS) is 16.7. The highest BCUT2D eigenvalue weighted by atomic mass is 127. The Morgan fingerprint density at radius 2 is 1.96 bits per heavy atom. The van der Waals surface area contributed by atoms with Gasteiger partial charge in [0.1, 0.15) is 0 Å². The van der Waals surface area contributed by atoms with Gasteiger partial charge in [0.05, 0.1) is 6.10 Å². The van der Waals surface area contributed by atoms with Gasteiger partial charge in [0.25, 0.3) is 0 Å². The average Bonchev–Trinajstić information content (AvgIpc) is 3.05. The molecule has 0 aromatic rings. The first-order chi connectivity index (χ1) is 11.3. The highest BCUT2D eigenvalue weighted by Gasteiger charge is 2.14. The van der Waals surface area contributed by atoms with Crippen molar-refractivity contribution in [2.75, 3.05) is 32.8 Å². The van der Waals surface area contributed by atoms with E-state index in [1.807, 2.05) is 0 Å². The summed E-state index contributed by atoms with van der Waals surface area (Å²) < 4.78 is 5.88. The molecule has 0 radical (unpaired) electrons. The molecule has 0 amide bonds. The second-order valence-electron chi connectivity index (χ2n) is 6.44. The monoisotopic (exact) mass is 455 g/mol. The molecule has 0 aliphatic heterocycles. The van der Waals surface area contributed by atoms with E-state index < -0.39 is 0 Å². The number of hydrogen-bond acceptors (Lipinski definition) is 3. The molecule has 1 fully saturated rings. The van der Waals surface area contributed by atoms with E-state index in [0.717, 1.165) is 57.9 Å². The maximum atomic E-state index is 9.13. The van der Waals surface area contributed by atoms with Gasteiger partial charge in [-0.05, 0) is 44.9 Å². The summed E-state index contributed by atoms with van der Waals surface area (Å²) in [7, 11) is 0. The molecule has 1 saturated carbocycles. The van der Waals surface area contributed by atoms with Crippen molar-refractivity contribution >= 4 is 29.9 Å². The number of nitrogens with one attached hydrogen (secondary N) is 2. The molecule has 6 heteroatoms. The zero-order valence-electron chi connectivity index (χ0n) is 15.6. The van der Waals surface area contributed by atoms with Crippen molar-refractivity contribution in [2.45, 2.75) is 71.3 Å². The molecule has 1 aliphatic rings. The predicted molar refractivity (Wildman–Crippen MR) is 112 cm³/mol. The molecule has 0 heterocycles. The number of hydrogen-bond donors (Lipinski definition) is 3. The lowest BCUT2D eigenvalue weighted by Crippen LogP contribution is -2.38. The Kier molecular flexibility index (Phi) is 16.3. The van der Waals surface area contributed by atoms with Gasteiger partial charge in [-0.15, -0.1) is 24.0 Å². The van der Waals surface area contributed by atoms with Crippen molar-refractivity contribution in [2.24, 2.45) is 10.9 Å². The van der Waals surface area contributed by atoms with E-state index in [0.29, 0.717) is 12.0 Å². The van der Waals surface area contributed by atoms with E-state index in [1.54, 1.807) is 0 Å². The molecule has 1 aliphatic carbocycles. The molecule has 0 aromatic carbocycles. The quantitative estimate of drug-likeness (QED) is 0.183. The molecule has 0 aromatic heterocycles. The number of nitrogens with zero attached hydrogens (tertiary/aromatic N) is 1. The zero-order valence-corrected chi connectivity index (χ0v) is 17.9. The number of rotatable bonds is 12. The van der Waals surface area contributed by atoms with E-state index in [4.69, 9.17) is 9.84 Å². The fourth-order valence-electron chi connectivity index (χ4n) is 3.06. The van der Waals surface area contributed by atoms with E-state index in [9.17, 15) is 0 Å². The molecule has 1 atom stereocenters. The molecule has 24 heavy (non-hydrogen) atoms. The first kappa shape index (κ1) is 23.9. The number of aliphatic imine (C=N–C) groups is 1. The van der Waals surface area contributed by atoms with Crippen LogP contribution in [0.5, 0.6) is 0 Å². The minimum absolute atomic E-state index is 0. The van der Waals surface area contributed by atoms with Crippen molar-refractivity contribution in [3.05, 3.63) is 0 Å². The SMILES string of the molecule is CCCC(CCO)CN=C(NCC)NCCCOC1CCCC1.I. The predicted octanol–water partition coefficient (Wildman–Crippen LogP) is 3.31. The maximum Gasteiger partial charge on any atom is 0.191 e. The van der Waals surface area contributed by atoms with Gasteiger partial charge < -0.3 is 20.5 Å². The lowest BCUT2D eigenvalue weighted by Gasteiger charge is -2.16. The number of guanidine groups is 1.